The summed E-state index contributed by atoms with van der Waals surface area (Å²) in [6, 6.07) is 4.03. The van der Waals surface area contributed by atoms with Gasteiger partial charge in [0.15, 0.2) is 17.8 Å². The first-order chi connectivity index (χ1) is 19.1. The van der Waals surface area contributed by atoms with Crippen LogP contribution in [-0.2, 0) is 38.0 Å². The molecule has 2 aliphatic heterocycles. The molecule has 3 rings (SSSR count). The molecule has 1 fully saturated rings. The number of esters is 2. The number of aliphatic hydroxyl groups is 4. The Morgan fingerprint density at radius 2 is 1.80 bits per heavy atom. The van der Waals surface area contributed by atoms with Gasteiger partial charge in [-0.25, -0.2) is 4.79 Å². The molecule has 2 aliphatic rings. The zero-order chi connectivity index (χ0) is 29.6. The second-order valence-corrected chi connectivity index (χ2v) is 9.07. The van der Waals surface area contributed by atoms with E-state index in [0.717, 1.165) is 13.4 Å². The highest BCUT2D eigenvalue weighted by Gasteiger charge is 2.47. The molecule has 40 heavy (non-hydrogen) atoms. The van der Waals surface area contributed by atoms with Crippen molar-refractivity contribution in [2.75, 3.05) is 27.4 Å². The second kappa shape index (κ2) is 13.9. The standard InChI is InChI=1S/C26H34O14/c1-4-13-14(8-20(30)37-11-19(35-2)12-5-6-16(28)17(29)7-12)15(24(34)36-3)10-38-25(13)40-26-23(33)22(32)21(31)18(9-27)39-26/h4-7,10,14,18-19,21-23,25-29,31-33H,8-9,11H2,1-3H3/b13-4+. The van der Waals surface area contributed by atoms with Crippen LogP contribution in [0.3, 0.4) is 0 Å². The number of hydrogen-bond acceptors (Lipinski definition) is 14. The predicted octanol–water partition coefficient (Wildman–Crippen LogP) is -0.489. The van der Waals surface area contributed by atoms with Crippen molar-refractivity contribution in [1.82, 2.24) is 0 Å². The van der Waals surface area contributed by atoms with Crippen LogP contribution in [0.1, 0.15) is 25.0 Å². The van der Waals surface area contributed by atoms with Gasteiger partial charge in [0, 0.05) is 18.6 Å². The van der Waals surface area contributed by atoms with Gasteiger partial charge in [0.25, 0.3) is 0 Å². The Morgan fingerprint density at radius 1 is 1.07 bits per heavy atom. The minimum atomic E-state index is -1.71. The zero-order valence-electron chi connectivity index (χ0n) is 22.1. The number of benzene rings is 1. The molecule has 2 heterocycles. The third-order valence-electron chi connectivity index (χ3n) is 6.65. The lowest BCUT2D eigenvalue weighted by molar-refractivity contribution is -0.327. The highest BCUT2D eigenvalue weighted by atomic mass is 16.8. The van der Waals surface area contributed by atoms with E-state index in [1.165, 1.54) is 31.4 Å². The van der Waals surface area contributed by atoms with Gasteiger partial charge < -0.3 is 59.1 Å². The van der Waals surface area contributed by atoms with Crippen molar-refractivity contribution in [3.8, 4) is 11.5 Å². The van der Waals surface area contributed by atoms with Gasteiger partial charge in [-0.05, 0) is 24.6 Å². The van der Waals surface area contributed by atoms with Crippen molar-refractivity contribution in [1.29, 1.82) is 0 Å². The Labute approximate surface area is 229 Å². The van der Waals surface area contributed by atoms with Crippen molar-refractivity contribution in [2.45, 2.75) is 56.4 Å². The SMILES string of the molecule is C/C=C1/C(OC2OC(CO)C(O)C(O)C2O)OC=C(C(=O)OC)C1CC(=O)OCC(OC)c1ccc(O)c(O)c1. The van der Waals surface area contributed by atoms with Crippen LogP contribution < -0.4 is 0 Å². The highest BCUT2D eigenvalue weighted by molar-refractivity contribution is 5.90. The maximum Gasteiger partial charge on any atom is 0.337 e. The van der Waals surface area contributed by atoms with Gasteiger partial charge in [-0.15, -0.1) is 0 Å². The third kappa shape index (κ3) is 6.90. The summed E-state index contributed by atoms with van der Waals surface area (Å²) >= 11 is 0. The van der Waals surface area contributed by atoms with Crippen LogP contribution >= 0.6 is 0 Å². The van der Waals surface area contributed by atoms with Crippen LogP contribution in [0.4, 0.5) is 0 Å². The summed E-state index contributed by atoms with van der Waals surface area (Å²) in [5.74, 6) is -3.16. The highest BCUT2D eigenvalue weighted by Crippen LogP contribution is 2.36. The van der Waals surface area contributed by atoms with Crippen molar-refractivity contribution in [3.63, 3.8) is 0 Å². The quantitative estimate of drug-likeness (QED) is 0.119. The van der Waals surface area contributed by atoms with Gasteiger partial charge in [0.05, 0.1) is 32.0 Å². The molecule has 0 aromatic heterocycles. The molecule has 0 saturated carbocycles. The maximum atomic E-state index is 12.9. The summed E-state index contributed by atoms with van der Waals surface area (Å²) < 4.78 is 32.2. The molecular formula is C26H34O14. The number of carbonyl (C=O) groups is 2. The normalized spacial score (nSPS) is 30.2. The molecule has 222 valence electrons. The van der Waals surface area contributed by atoms with Crippen molar-refractivity contribution in [2.24, 2.45) is 5.92 Å². The van der Waals surface area contributed by atoms with E-state index in [0.29, 0.717) is 5.56 Å². The minimum absolute atomic E-state index is 0.0204. The zero-order valence-corrected chi connectivity index (χ0v) is 22.1. The molecule has 1 aromatic carbocycles. The fraction of sp³-hybridized carbons (Fsp3) is 0.538. The van der Waals surface area contributed by atoms with Gasteiger partial charge >= 0.3 is 11.9 Å². The predicted molar refractivity (Wildman–Crippen MR) is 132 cm³/mol. The number of rotatable bonds is 10. The largest absolute Gasteiger partial charge is 0.504 e. The Morgan fingerprint density at radius 3 is 2.40 bits per heavy atom. The van der Waals surface area contributed by atoms with E-state index in [4.69, 9.17) is 28.4 Å². The Bertz CT molecular complexity index is 1100. The van der Waals surface area contributed by atoms with E-state index in [1.54, 1.807) is 6.92 Å². The van der Waals surface area contributed by atoms with Crippen LogP contribution in [-0.4, -0.2) is 107 Å². The van der Waals surface area contributed by atoms with E-state index in [2.05, 4.69) is 0 Å². The number of allylic oxidation sites excluding steroid dienone is 1. The number of carbonyl (C=O) groups excluding carboxylic acids is 2. The average Bonchev–Trinajstić information content (AvgIpc) is 2.95. The molecule has 14 heteroatoms. The monoisotopic (exact) mass is 570 g/mol. The molecule has 1 aromatic rings. The molecule has 8 unspecified atom stereocenters. The van der Waals surface area contributed by atoms with E-state index >= 15 is 0 Å². The first-order valence-corrected chi connectivity index (χ1v) is 12.3. The van der Waals surface area contributed by atoms with E-state index in [1.807, 2.05) is 0 Å². The molecule has 6 N–H and O–H groups in total. The fourth-order valence-corrected chi connectivity index (χ4v) is 4.36. The summed E-state index contributed by atoms with van der Waals surface area (Å²) in [6.07, 6.45) is -7.63. The summed E-state index contributed by atoms with van der Waals surface area (Å²) in [6.45, 7) is 0.676. The number of phenols is 2. The summed E-state index contributed by atoms with van der Waals surface area (Å²) in [4.78, 5) is 25.4. The second-order valence-electron chi connectivity index (χ2n) is 9.07. The first kappa shape index (κ1) is 31.3. The summed E-state index contributed by atoms with van der Waals surface area (Å²) in [5.41, 5.74) is 0.686. The lowest BCUT2D eigenvalue weighted by atomic mass is 9.86. The first-order valence-electron chi connectivity index (χ1n) is 12.3. The molecule has 0 radical (unpaired) electrons. The molecule has 14 nitrogen and oxygen atoms in total. The Kier molecular flexibility index (Phi) is 10.9. The number of phenolic OH excluding ortho intramolecular Hbond substituents is 2. The third-order valence-corrected chi connectivity index (χ3v) is 6.65. The van der Waals surface area contributed by atoms with E-state index in [9.17, 15) is 40.2 Å². The lowest BCUT2D eigenvalue weighted by Gasteiger charge is -2.41. The number of aliphatic hydroxyl groups excluding tert-OH is 4. The molecule has 0 spiro atoms. The summed E-state index contributed by atoms with van der Waals surface area (Å²) in [7, 11) is 2.53. The smallest absolute Gasteiger partial charge is 0.337 e. The van der Waals surface area contributed by atoms with E-state index < -0.39 is 67.6 Å². The summed E-state index contributed by atoms with van der Waals surface area (Å²) in [5, 5.41) is 59.2. The average molecular weight is 571 g/mol. The van der Waals surface area contributed by atoms with Crippen LogP contribution in [0.25, 0.3) is 0 Å². The molecule has 1 saturated heterocycles. The fourth-order valence-electron chi connectivity index (χ4n) is 4.36. The number of hydrogen-bond donors (Lipinski definition) is 6. The minimum Gasteiger partial charge on any atom is -0.504 e. The number of aromatic hydroxyl groups is 2. The molecule has 8 atom stereocenters. The van der Waals surface area contributed by atoms with Crippen LogP contribution in [0.2, 0.25) is 0 Å². The van der Waals surface area contributed by atoms with Gasteiger partial charge in [-0.2, -0.15) is 0 Å². The maximum absolute atomic E-state index is 12.9. The Balaban J connectivity index is 1.75. The molecular weight excluding hydrogens is 536 g/mol. The van der Waals surface area contributed by atoms with Crippen molar-refractivity contribution >= 4 is 11.9 Å². The molecule has 0 aliphatic carbocycles. The van der Waals surface area contributed by atoms with Gasteiger partial charge in [-0.1, -0.05) is 12.1 Å². The van der Waals surface area contributed by atoms with Crippen molar-refractivity contribution in [3.05, 3.63) is 47.2 Å². The van der Waals surface area contributed by atoms with Gasteiger partial charge in [0.1, 0.15) is 37.1 Å². The molecule has 0 bridgehead atoms. The lowest BCUT2D eigenvalue weighted by Crippen LogP contribution is -2.60. The van der Waals surface area contributed by atoms with Gasteiger partial charge in [-0.3, -0.25) is 4.79 Å². The van der Waals surface area contributed by atoms with E-state index in [-0.39, 0.29) is 35.7 Å². The van der Waals surface area contributed by atoms with Gasteiger partial charge in [0.2, 0.25) is 6.29 Å². The van der Waals surface area contributed by atoms with Crippen LogP contribution in [0, 0.1) is 5.92 Å². The van der Waals surface area contributed by atoms with Crippen LogP contribution in [0.15, 0.2) is 41.7 Å². The number of methoxy groups -OCH3 is 2. The number of ether oxygens (including phenoxy) is 6. The molecule has 0 amide bonds. The topological polar surface area (TPSA) is 211 Å². The Hall–Kier alpha value is -3.24. The van der Waals surface area contributed by atoms with Crippen LogP contribution in [0.5, 0.6) is 11.5 Å². The van der Waals surface area contributed by atoms with Crippen molar-refractivity contribution < 1.29 is 68.6 Å².